The van der Waals surface area contributed by atoms with E-state index in [1.807, 2.05) is 25.1 Å². The molecule has 0 atom stereocenters. The standard InChI is InChI=1S/C14H21N3O3S/c1-4-14(18)17-8-7-12-9-11(5-6-13(12)17)10-15-21(19,20)16(2)3/h5-6,9,15H,4,7-8,10H2,1-3H3. The molecular weight excluding hydrogens is 290 g/mol. The molecule has 1 aromatic rings. The highest BCUT2D eigenvalue weighted by Crippen LogP contribution is 2.29. The molecule has 0 spiro atoms. The lowest BCUT2D eigenvalue weighted by molar-refractivity contribution is -0.118. The number of nitrogens with one attached hydrogen (secondary N) is 1. The average molecular weight is 311 g/mol. The number of anilines is 1. The molecule has 0 saturated carbocycles. The third-order valence-corrected chi connectivity index (χ3v) is 5.05. The topological polar surface area (TPSA) is 69.7 Å². The molecule has 1 aliphatic heterocycles. The zero-order valence-electron chi connectivity index (χ0n) is 12.6. The third-order valence-electron chi connectivity index (χ3n) is 3.58. The van der Waals surface area contributed by atoms with E-state index in [1.165, 1.54) is 14.1 Å². The van der Waals surface area contributed by atoms with Gasteiger partial charge >= 0.3 is 0 Å². The number of rotatable bonds is 5. The molecule has 1 amide bonds. The molecule has 0 radical (unpaired) electrons. The quantitative estimate of drug-likeness (QED) is 0.877. The van der Waals surface area contributed by atoms with E-state index in [0.29, 0.717) is 13.0 Å². The van der Waals surface area contributed by atoms with Crippen molar-refractivity contribution in [3.05, 3.63) is 29.3 Å². The van der Waals surface area contributed by atoms with E-state index in [-0.39, 0.29) is 12.5 Å². The molecule has 0 saturated heterocycles. The van der Waals surface area contributed by atoms with E-state index in [4.69, 9.17) is 0 Å². The summed E-state index contributed by atoms with van der Waals surface area (Å²) >= 11 is 0. The molecule has 0 aliphatic carbocycles. The highest BCUT2D eigenvalue weighted by atomic mass is 32.2. The number of benzene rings is 1. The van der Waals surface area contributed by atoms with Gasteiger partial charge in [0.05, 0.1) is 0 Å². The third kappa shape index (κ3) is 3.42. The molecule has 2 rings (SSSR count). The van der Waals surface area contributed by atoms with E-state index in [1.54, 1.807) is 4.90 Å². The molecule has 1 heterocycles. The second-order valence-electron chi connectivity index (χ2n) is 5.22. The lowest BCUT2D eigenvalue weighted by Crippen LogP contribution is -2.35. The van der Waals surface area contributed by atoms with Gasteiger partial charge in [0.2, 0.25) is 5.91 Å². The van der Waals surface area contributed by atoms with Crippen molar-refractivity contribution < 1.29 is 13.2 Å². The lowest BCUT2D eigenvalue weighted by Gasteiger charge is -2.17. The number of amides is 1. The van der Waals surface area contributed by atoms with Gasteiger partial charge in [-0.25, -0.2) is 0 Å². The van der Waals surface area contributed by atoms with E-state index in [0.717, 1.165) is 27.5 Å². The zero-order valence-corrected chi connectivity index (χ0v) is 13.4. The molecule has 1 N–H and O–H groups in total. The fourth-order valence-corrected chi connectivity index (χ4v) is 2.93. The van der Waals surface area contributed by atoms with Crippen molar-refractivity contribution in [1.82, 2.24) is 9.03 Å². The molecule has 21 heavy (non-hydrogen) atoms. The Labute approximate surface area is 125 Å². The first-order valence-electron chi connectivity index (χ1n) is 6.94. The Kier molecular flexibility index (Phi) is 4.65. The van der Waals surface area contributed by atoms with Crippen LogP contribution in [0.5, 0.6) is 0 Å². The van der Waals surface area contributed by atoms with Gasteiger partial charge in [-0.2, -0.15) is 17.4 Å². The fraction of sp³-hybridized carbons (Fsp3) is 0.500. The molecule has 1 aromatic carbocycles. The van der Waals surface area contributed by atoms with E-state index in [2.05, 4.69) is 4.72 Å². The normalized spacial score (nSPS) is 14.6. The molecule has 7 heteroatoms. The highest BCUT2D eigenvalue weighted by Gasteiger charge is 2.23. The summed E-state index contributed by atoms with van der Waals surface area (Å²) < 4.78 is 27.0. The van der Waals surface area contributed by atoms with Crippen molar-refractivity contribution in [2.24, 2.45) is 0 Å². The first kappa shape index (κ1) is 15.9. The van der Waals surface area contributed by atoms with Gasteiger partial charge in [-0.3, -0.25) is 4.79 Å². The summed E-state index contributed by atoms with van der Waals surface area (Å²) in [6.45, 7) is 2.80. The van der Waals surface area contributed by atoms with Crippen LogP contribution in [0.15, 0.2) is 18.2 Å². The highest BCUT2D eigenvalue weighted by molar-refractivity contribution is 7.87. The first-order valence-corrected chi connectivity index (χ1v) is 8.38. The van der Waals surface area contributed by atoms with E-state index >= 15 is 0 Å². The van der Waals surface area contributed by atoms with Crippen molar-refractivity contribution in [1.29, 1.82) is 0 Å². The van der Waals surface area contributed by atoms with Crippen molar-refractivity contribution in [2.45, 2.75) is 26.3 Å². The van der Waals surface area contributed by atoms with Crippen LogP contribution in [-0.4, -0.2) is 39.3 Å². The summed E-state index contributed by atoms with van der Waals surface area (Å²) in [5, 5.41) is 0. The van der Waals surface area contributed by atoms with Gasteiger partial charge in [-0.05, 0) is 23.6 Å². The maximum absolute atomic E-state index is 11.8. The average Bonchev–Trinajstić information content (AvgIpc) is 2.87. The summed E-state index contributed by atoms with van der Waals surface area (Å²) in [4.78, 5) is 13.6. The van der Waals surface area contributed by atoms with E-state index < -0.39 is 10.2 Å². The number of hydrogen-bond acceptors (Lipinski definition) is 3. The van der Waals surface area contributed by atoms with Crippen LogP contribution < -0.4 is 9.62 Å². The molecule has 0 bridgehead atoms. The Morgan fingerprint density at radius 2 is 2.10 bits per heavy atom. The van der Waals surface area contributed by atoms with Crippen LogP contribution in [0.1, 0.15) is 24.5 Å². The van der Waals surface area contributed by atoms with Gasteiger partial charge in [0.1, 0.15) is 0 Å². The van der Waals surface area contributed by atoms with Gasteiger partial charge < -0.3 is 4.90 Å². The molecule has 1 aliphatic rings. The van der Waals surface area contributed by atoms with Crippen LogP contribution in [0.4, 0.5) is 5.69 Å². The molecule has 0 fully saturated rings. The molecule has 6 nitrogen and oxygen atoms in total. The number of hydrogen-bond donors (Lipinski definition) is 1. The lowest BCUT2D eigenvalue weighted by atomic mass is 10.1. The van der Waals surface area contributed by atoms with Crippen LogP contribution in [0.2, 0.25) is 0 Å². The monoisotopic (exact) mass is 311 g/mol. The van der Waals surface area contributed by atoms with Crippen molar-refractivity contribution in [3.63, 3.8) is 0 Å². The molecule has 116 valence electrons. The van der Waals surface area contributed by atoms with Gasteiger partial charge in [0.15, 0.2) is 0 Å². The first-order chi connectivity index (χ1) is 9.85. The van der Waals surface area contributed by atoms with Crippen molar-refractivity contribution in [3.8, 4) is 0 Å². The van der Waals surface area contributed by atoms with Crippen LogP contribution >= 0.6 is 0 Å². The number of nitrogens with zero attached hydrogens (tertiary/aromatic N) is 2. The Morgan fingerprint density at radius 1 is 1.38 bits per heavy atom. The summed E-state index contributed by atoms with van der Waals surface area (Å²) in [5.74, 6) is 0.120. The number of carbonyl (C=O) groups excluding carboxylic acids is 1. The predicted octanol–water partition coefficient (Wildman–Crippen LogP) is 0.882. The summed E-state index contributed by atoms with van der Waals surface area (Å²) in [5.41, 5.74) is 2.93. The Bertz CT molecular complexity index is 641. The SMILES string of the molecule is CCC(=O)N1CCc2cc(CNS(=O)(=O)N(C)C)ccc21. The minimum atomic E-state index is -3.42. The van der Waals surface area contributed by atoms with Gasteiger partial charge in [-0.1, -0.05) is 19.1 Å². The second kappa shape index (κ2) is 6.13. The van der Waals surface area contributed by atoms with Crippen molar-refractivity contribution in [2.75, 3.05) is 25.5 Å². The molecule has 0 aromatic heterocycles. The Balaban J connectivity index is 2.11. The van der Waals surface area contributed by atoms with Crippen LogP contribution in [-0.2, 0) is 28.0 Å². The van der Waals surface area contributed by atoms with Crippen LogP contribution in [0.25, 0.3) is 0 Å². The number of fused-ring (bicyclic) bond motifs is 1. The molecule has 0 unspecified atom stereocenters. The smallest absolute Gasteiger partial charge is 0.279 e. The second-order valence-corrected chi connectivity index (χ2v) is 7.19. The molecular formula is C14H21N3O3S. The maximum atomic E-state index is 11.8. The minimum absolute atomic E-state index is 0.120. The fourth-order valence-electron chi connectivity index (χ4n) is 2.32. The summed E-state index contributed by atoms with van der Waals surface area (Å²) in [6.07, 6.45) is 1.30. The van der Waals surface area contributed by atoms with Gasteiger partial charge in [0.25, 0.3) is 10.2 Å². The van der Waals surface area contributed by atoms with Crippen molar-refractivity contribution >= 4 is 21.8 Å². The zero-order chi connectivity index (χ0) is 15.6. The Morgan fingerprint density at radius 3 is 2.71 bits per heavy atom. The van der Waals surface area contributed by atoms with Gasteiger partial charge in [0, 0.05) is 39.3 Å². The maximum Gasteiger partial charge on any atom is 0.279 e. The van der Waals surface area contributed by atoms with Crippen LogP contribution in [0, 0.1) is 0 Å². The summed E-state index contributed by atoms with van der Waals surface area (Å²) in [6, 6.07) is 5.73. The van der Waals surface area contributed by atoms with E-state index in [9.17, 15) is 13.2 Å². The van der Waals surface area contributed by atoms with Crippen LogP contribution in [0.3, 0.4) is 0 Å². The Hall–Kier alpha value is -1.44. The predicted molar refractivity (Wildman–Crippen MR) is 82.2 cm³/mol. The van der Waals surface area contributed by atoms with Gasteiger partial charge in [-0.15, -0.1) is 0 Å². The largest absolute Gasteiger partial charge is 0.312 e. The number of carbonyl (C=O) groups is 1. The minimum Gasteiger partial charge on any atom is -0.312 e. The summed E-state index contributed by atoms with van der Waals surface area (Å²) in [7, 11) is -0.449.